The fourth-order valence-corrected chi connectivity index (χ4v) is 6.05. The third kappa shape index (κ3) is 4.28. The molecule has 6 nitrogen and oxygen atoms in total. The molecule has 6 heteroatoms. The average Bonchev–Trinajstić information content (AvgIpc) is 3.22. The first-order chi connectivity index (χ1) is 17.1. The van der Waals surface area contributed by atoms with Gasteiger partial charge in [-0.3, -0.25) is 9.59 Å². The molecule has 1 heterocycles. The van der Waals surface area contributed by atoms with Crippen LogP contribution in [0.4, 0.5) is 0 Å². The smallest absolute Gasteiger partial charge is 0.308 e. The van der Waals surface area contributed by atoms with Crippen LogP contribution >= 0.6 is 0 Å². The predicted octanol–water partition coefficient (Wildman–Crippen LogP) is 5.32. The number of carbonyl (C=O) groups excluding carboxylic acids is 2. The number of rotatable bonds is 5. The van der Waals surface area contributed by atoms with Gasteiger partial charge in [0.1, 0.15) is 0 Å². The van der Waals surface area contributed by atoms with Crippen LogP contribution in [0, 0.1) is 22.7 Å². The highest BCUT2D eigenvalue weighted by atomic mass is 16.5. The third-order valence-corrected chi connectivity index (χ3v) is 8.05. The first kappa shape index (κ1) is 24.1. The van der Waals surface area contributed by atoms with Gasteiger partial charge in [-0.15, -0.1) is 0 Å². The van der Waals surface area contributed by atoms with Crippen molar-refractivity contribution >= 4 is 22.8 Å². The zero-order valence-corrected chi connectivity index (χ0v) is 21.4. The molecule has 2 aromatic carbocycles. The van der Waals surface area contributed by atoms with Crippen molar-refractivity contribution in [1.82, 2.24) is 9.88 Å². The summed E-state index contributed by atoms with van der Waals surface area (Å²) in [5.41, 5.74) is 4.62. The van der Waals surface area contributed by atoms with Crippen LogP contribution in [0.25, 0.3) is 10.9 Å². The molecule has 36 heavy (non-hydrogen) atoms. The lowest BCUT2D eigenvalue weighted by Crippen LogP contribution is -2.57. The molecule has 2 aliphatic rings. The normalized spacial score (nSPS) is 23.0. The van der Waals surface area contributed by atoms with Crippen LogP contribution in [-0.2, 0) is 21.5 Å². The van der Waals surface area contributed by atoms with Gasteiger partial charge in [0.2, 0.25) is 0 Å². The summed E-state index contributed by atoms with van der Waals surface area (Å²) in [5.74, 6) is -0.233. The number of amides is 1. The van der Waals surface area contributed by atoms with Crippen molar-refractivity contribution in [1.29, 1.82) is 5.26 Å². The van der Waals surface area contributed by atoms with Crippen LogP contribution in [0.2, 0.25) is 0 Å². The molecule has 3 aromatic rings. The van der Waals surface area contributed by atoms with Crippen LogP contribution < -0.4 is 5.32 Å². The van der Waals surface area contributed by atoms with Crippen molar-refractivity contribution in [2.75, 3.05) is 7.11 Å². The van der Waals surface area contributed by atoms with E-state index >= 15 is 0 Å². The molecule has 0 saturated heterocycles. The predicted molar refractivity (Wildman–Crippen MR) is 139 cm³/mol. The number of ether oxygens (including phenoxy) is 1. The van der Waals surface area contributed by atoms with Gasteiger partial charge in [-0.05, 0) is 65.8 Å². The average molecular weight is 484 g/mol. The Morgan fingerprint density at radius 2 is 1.78 bits per heavy atom. The SMILES string of the molecule is COC(=O)C1CC2(CC(NC(=O)c3ccc(C#N)c4ccn(Cc5ccc(C(C)(C)C)cc5)c34)C2)C1. The molecule has 0 atom stereocenters. The van der Waals surface area contributed by atoms with E-state index in [-0.39, 0.29) is 34.7 Å². The molecular weight excluding hydrogens is 450 g/mol. The van der Waals surface area contributed by atoms with E-state index in [0.29, 0.717) is 17.7 Å². The highest BCUT2D eigenvalue weighted by Crippen LogP contribution is 2.59. The number of fused-ring (bicyclic) bond motifs is 1. The summed E-state index contributed by atoms with van der Waals surface area (Å²) in [6.45, 7) is 7.21. The van der Waals surface area contributed by atoms with Gasteiger partial charge >= 0.3 is 5.97 Å². The minimum atomic E-state index is -0.123. The second-order valence-corrected chi connectivity index (χ2v) is 11.6. The summed E-state index contributed by atoms with van der Waals surface area (Å²) >= 11 is 0. The lowest BCUT2D eigenvalue weighted by atomic mass is 9.50. The Hall–Kier alpha value is -3.59. The maximum atomic E-state index is 13.4. The van der Waals surface area contributed by atoms with Crippen LogP contribution in [0.1, 0.15) is 73.5 Å². The van der Waals surface area contributed by atoms with Gasteiger partial charge in [0.05, 0.1) is 35.7 Å². The molecule has 1 N–H and O–H groups in total. The fourth-order valence-electron chi connectivity index (χ4n) is 6.05. The molecule has 0 unspecified atom stereocenters. The molecule has 0 bridgehead atoms. The molecule has 2 aliphatic carbocycles. The zero-order valence-electron chi connectivity index (χ0n) is 21.4. The molecule has 2 fully saturated rings. The van der Waals surface area contributed by atoms with Crippen molar-refractivity contribution in [2.24, 2.45) is 11.3 Å². The lowest BCUT2D eigenvalue weighted by Gasteiger charge is -2.56. The van der Waals surface area contributed by atoms with Gasteiger partial charge in [-0.25, -0.2) is 0 Å². The summed E-state index contributed by atoms with van der Waals surface area (Å²) in [4.78, 5) is 25.1. The largest absolute Gasteiger partial charge is 0.469 e. The van der Waals surface area contributed by atoms with Gasteiger partial charge in [0.15, 0.2) is 0 Å². The molecular formula is C30H33N3O3. The van der Waals surface area contributed by atoms with Crippen molar-refractivity contribution in [2.45, 2.75) is 64.5 Å². The summed E-state index contributed by atoms with van der Waals surface area (Å²) in [6.07, 6.45) is 5.45. The molecule has 1 amide bonds. The molecule has 0 radical (unpaired) electrons. The fraction of sp³-hybridized carbons (Fsp3) is 0.433. The van der Waals surface area contributed by atoms with E-state index in [4.69, 9.17) is 4.74 Å². The standard InChI is InChI=1S/C30H33N3O3/c1-29(2,3)22-8-5-19(6-9-22)18-33-12-11-24-20(17-31)7-10-25(26(24)33)27(34)32-23-15-30(16-23)13-21(14-30)28(35)36-4/h5-12,21,23H,13-16,18H2,1-4H3,(H,32,34). The zero-order chi connectivity index (χ0) is 25.7. The quantitative estimate of drug-likeness (QED) is 0.498. The Morgan fingerprint density at radius 3 is 2.39 bits per heavy atom. The van der Waals surface area contributed by atoms with Gasteiger partial charge < -0.3 is 14.6 Å². The van der Waals surface area contributed by atoms with Crippen molar-refractivity contribution in [3.8, 4) is 6.07 Å². The number of esters is 1. The van der Waals surface area contributed by atoms with Crippen LogP contribution in [-0.4, -0.2) is 29.6 Å². The first-order valence-electron chi connectivity index (χ1n) is 12.6. The number of carbonyl (C=O) groups is 2. The minimum absolute atomic E-state index is 0.00513. The van der Waals surface area contributed by atoms with E-state index in [1.165, 1.54) is 12.7 Å². The Morgan fingerprint density at radius 1 is 1.08 bits per heavy atom. The number of aromatic nitrogens is 1. The van der Waals surface area contributed by atoms with E-state index in [9.17, 15) is 14.9 Å². The summed E-state index contributed by atoms with van der Waals surface area (Å²) < 4.78 is 6.92. The Labute approximate surface area is 212 Å². The van der Waals surface area contributed by atoms with Crippen molar-refractivity contribution in [3.63, 3.8) is 0 Å². The monoisotopic (exact) mass is 483 g/mol. The molecule has 0 aliphatic heterocycles. The van der Waals surface area contributed by atoms with Crippen LogP contribution in [0.15, 0.2) is 48.7 Å². The highest BCUT2D eigenvalue weighted by Gasteiger charge is 2.55. The van der Waals surface area contributed by atoms with E-state index in [0.717, 1.165) is 42.1 Å². The van der Waals surface area contributed by atoms with Gasteiger partial charge in [-0.1, -0.05) is 45.0 Å². The van der Waals surface area contributed by atoms with Crippen molar-refractivity contribution < 1.29 is 14.3 Å². The van der Waals surface area contributed by atoms with E-state index < -0.39 is 0 Å². The Balaban J connectivity index is 1.34. The Bertz CT molecular complexity index is 1360. The number of nitrogens with one attached hydrogen (secondary N) is 1. The lowest BCUT2D eigenvalue weighted by molar-refractivity contribution is -0.159. The molecule has 1 aromatic heterocycles. The van der Waals surface area contributed by atoms with E-state index in [1.807, 2.05) is 12.3 Å². The number of hydrogen-bond acceptors (Lipinski definition) is 4. The Kier molecular flexibility index (Phi) is 5.90. The minimum Gasteiger partial charge on any atom is -0.469 e. The molecule has 1 spiro atoms. The van der Waals surface area contributed by atoms with E-state index in [2.05, 4.69) is 61.0 Å². The third-order valence-electron chi connectivity index (χ3n) is 8.05. The maximum Gasteiger partial charge on any atom is 0.308 e. The van der Waals surface area contributed by atoms with E-state index in [1.54, 1.807) is 12.1 Å². The number of benzene rings is 2. The molecule has 5 rings (SSSR count). The van der Waals surface area contributed by atoms with Gasteiger partial charge in [0.25, 0.3) is 5.91 Å². The number of hydrogen-bond donors (Lipinski definition) is 1. The molecule has 186 valence electrons. The first-order valence-corrected chi connectivity index (χ1v) is 12.6. The summed E-state index contributed by atoms with van der Waals surface area (Å²) in [7, 11) is 1.44. The summed E-state index contributed by atoms with van der Waals surface area (Å²) in [5, 5.41) is 13.6. The number of methoxy groups -OCH3 is 1. The topological polar surface area (TPSA) is 84.1 Å². The van der Waals surface area contributed by atoms with Crippen molar-refractivity contribution in [3.05, 3.63) is 70.9 Å². The van der Waals surface area contributed by atoms with Gasteiger partial charge in [0, 0.05) is 24.2 Å². The molecule has 2 saturated carbocycles. The van der Waals surface area contributed by atoms with Gasteiger partial charge in [-0.2, -0.15) is 5.26 Å². The number of nitriles is 1. The van der Waals surface area contributed by atoms with Crippen LogP contribution in [0.3, 0.4) is 0 Å². The number of nitrogens with zero attached hydrogens (tertiary/aromatic N) is 2. The second-order valence-electron chi connectivity index (χ2n) is 11.6. The van der Waals surface area contributed by atoms with Crippen LogP contribution in [0.5, 0.6) is 0 Å². The maximum absolute atomic E-state index is 13.4. The highest BCUT2D eigenvalue weighted by molar-refractivity contribution is 6.07. The summed E-state index contributed by atoms with van der Waals surface area (Å²) in [6, 6.07) is 16.4. The second kappa shape index (κ2) is 8.81.